The predicted octanol–water partition coefficient (Wildman–Crippen LogP) is 1.23. The summed E-state index contributed by atoms with van der Waals surface area (Å²) in [6.07, 6.45) is -1.34. The van der Waals surface area contributed by atoms with Gasteiger partial charge in [0.05, 0.1) is 12.1 Å². The molecule has 1 aliphatic heterocycles. The van der Waals surface area contributed by atoms with Crippen LogP contribution in [0.15, 0.2) is 24.3 Å². The summed E-state index contributed by atoms with van der Waals surface area (Å²) in [5, 5.41) is 5.30. The van der Waals surface area contributed by atoms with Crippen molar-refractivity contribution in [2.75, 3.05) is 11.9 Å². The first kappa shape index (κ1) is 16.8. The normalized spacial score (nSPS) is 17.3. The van der Waals surface area contributed by atoms with E-state index in [4.69, 9.17) is 9.47 Å². The molecule has 0 saturated carbocycles. The predicted molar refractivity (Wildman–Crippen MR) is 83.0 cm³/mol. The van der Waals surface area contributed by atoms with E-state index in [1.807, 2.05) is 6.92 Å². The first-order chi connectivity index (χ1) is 11.0. The average molecular weight is 320 g/mol. The fraction of sp³-hybridized carbons (Fsp3) is 0.438. The van der Waals surface area contributed by atoms with Crippen molar-refractivity contribution in [1.82, 2.24) is 5.32 Å². The molecule has 2 rings (SSSR count). The maximum Gasteiger partial charge on any atom is 0.310 e. The van der Waals surface area contributed by atoms with Gasteiger partial charge in [-0.15, -0.1) is 0 Å². The third kappa shape index (κ3) is 4.45. The van der Waals surface area contributed by atoms with Gasteiger partial charge >= 0.3 is 5.97 Å². The van der Waals surface area contributed by atoms with Gasteiger partial charge in [0.15, 0.2) is 12.2 Å². The molecule has 1 aromatic carbocycles. The zero-order valence-corrected chi connectivity index (χ0v) is 13.1. The minimum absolute atomic E-state index is 0.258. The van der Waals surface area contributed by atoms with Crippen molar-refractivity contribution in [3.63, 3.8) is 0 Å². The number of hydrogen-bond acceptors (Lipinski definition) is 5. The van der Waals surface area contributed by atoms with Crippen LogP contribution in [-0.2, 0) is 19.1 Å². The van der Waals surface area contributed by atoms with Crippen LogP contribution in [0.3, 0.4) is 0 Å². The number of hydrogen-bond donors (Lipinski definition) is 2. The van der Waals surface area contributed by atoms with Crippen LogP contribution in [0.4, 0.5) is 5.69 Å². The van der Waals surface area contributed by atoms with Crippen molar-refractivity contribution in [3.8, 4) is 5.75 Å². The number of esters is 1. The average Bonchev–Trinajstić information content (AvgIpc) is 2.53. The second kappa shape index (κ2) is 7.62. The molecule has 124 valence electrons. The van der Waals surface area contributed by atoms with Gasteiger partial charge in [0.2, 0.25) is 0 Å². The second-order valence-corrected chi connectivity index (χ2v) is 5.22. The van der Waals surface area contributed by atoms with Gasteiger partial charge in [0, 0.05) is 6.54 Å². The maximum atomic E-state index is 11.9. The Morgan fingerprint density at radius 3 is 2.87 bits per heavy atom. The molecule has 2 amide bonds. The van der Waals surface area contributed by atoms with Crippen LogP contribution in [-0.4, -0.2) is 36.5 Å². The molecule has 0 fully saturated rings. The molecule has 7 heteroatoms. The summed E-state index contributed by atoms with van der Waals surface area (Å²) >= 11 is 0. The van der Waals surface area contributed by atoms with E-state index in [9.17, 15) is 14.4 Å². The molecule has 1 aromatic rings. The van der Waals surface area contributed by atoms with E-state index < -0.39 is 24.1 Å². The Bertz CT molecular complexity index is 602. The molecule has 2 N–H and O–H groups in total. The number of amides is 2. The van der Waals surface area contributed by atoms with Gasteiger partial charge in [-0.3, -0.25) is 14.4 Å². The lowest BCUT2D eigenvalue weighted by atomic mass is 10.1. The second-order valence-electron chi connectivity index (χ2n) is 5.22. The molecule has 1 aliphatic rings. The number of rotatable bonds is 6. The molecule has 0 bridgehead atoms. The lowest BCUT2D eigenvalue weighted by molar-refractivity contribution is -0.157. The highest BCUT2D eigenvalue weighted by molar-refractivity contribution is 5.99. The monoisotopic (exact) mass is 320 g/mol. The van der Waals surface area contributed by atoms with Crippen LogP contribution in [0.5, 0.6) is 5.75 Å². The number of benzene rings is 1. The number of carbonyl (C=O) groups is 3. The highest BCUT2D eigenvalue weighted by Gasteiger charge is 2.31. The Kier molecular flexibility index (Phi) is 5.56. The number of fused-ring (bicyclic) bond motifs is 1. The molecule has 0 spiro atoms. The summed E-state index contributed by atoms with van der Waals surface area (Å²) in [6.45, 7) is 3.93. The van der Waals surface area contributed by atoms with Gasteiger partial charge in [-0.05, 0) is 25.5 Å². The fourth-order valence-corrected chi connectivity index (χ4v) is 2.07. The first-order valence-corrected chi connectivity index (χ1v) is 7.55. The van der Waals surface area contributed by atoms with E-state index in [-0.39, 0.29) is 12.3 Å². The van der Waals surface area contributed by atoms with Gasteiger partial charge in [-0.1, -0.05) is 19.1 Å². The molecule has 1 heterocycles. The van der Waals surface area contributed by atoms with Crippen molar-refractivity contribution in [2.45, 2.75) is 38.9 Å². The maximum absolute atomic E-state index is 11.9. The molecule has 23 heavy (non-hydrogen) atoms. The summed E-state index contributed by atoms with van der Waals surface area (Å²) in [5.41, 5.74) is 0.564. The number of para-hydroxylation sites is 2. The van der Waals surface area contributed by atoms with Gasteiger partial charge in [-0.25, -0.2) is 0 Å². The number of nitrogens with one attached hydrogen (secondary N) is 2. The molecule has 7 nitrogen and oxygen atoms in total. The Hall–Kier alpha value is -2.57. The highest BCUT2D eigenvalue weighted by atomic mass is 16.6. The van der Waals surface area contributed by atoms with Crippen LogP contribution in [0.1, 0.15) is 26.7 Å². The summed E-state index contributed by atoms with van der Waals surface area (Å²) < 4.78 is 10.5. The molecule has 0 aromatic heterocycles. The van der Waals surface area contributed by atoms with Crippen molar-refractivity contribution in [1.29, 1.82) is 0 Å². The fourth-order valence-electron chi connectivity index (χ4n) is 2.07. The zero-order chi connectivity index (χ0) is 16.8. The topological polar surface area (TPSA) is 93.7 Å². The highest BCUT2D eigenvalue weighted by Crippen LogP contribution is 2.29. The minimum Gasteiger partial charge on any atom is -0.478 e. The van der Waals surface area contributed by atoms with E-state index in [0.29, 0.717) is 18.0 Å². The molecule has 0 aliphatic carbocycles. The zero-order valence-electron chi connectivity index (χ0n) is 13.1. The standard InChI is InChI=1S/C16H20N2O5/c1-3-8-17-15(20)10(2)22-14(19)9-13-16(21)18-11-6-4-5-7-12(11)23-13/h4-7,10,13H,3,8-9H2,1-2H3,(H,17,20)(H,18,21)/t10-,13+/m0/s1. The van der Waals surface area contributed by atoms with Crippen molar-refractivity contribution in [3.05, 3.63) is 24.3 Å². The lowest BCUT2D eigenvalue weighted by Crippen LogP contribution is -2.41. The van der Waals surface area contributed by atoms with Gasteiger partial charge in [-0.2, -0.15) is 0 Å². The van der Waals surface area contributed by atoms with Crippen molar-refractivity contribution in [2.24, 2.45) is 0 Å². The number of carbonyl (C=O) groups excluding carboxylic acids is 3. The summed E-state index contributed by atoms with van der Waals surface area (Å²) in [7, 11) is 0. The van der Waals surface area contributed by atoms with Gasteiger partial charge in [0.25, 0.3) is 11.8 Å². The summed E-state index contributed by atoms with van der Waals surface area (Å²) in [6, 6.07) is 6.95. The lowest BCUT2D eigenvalue weighted by Gasteiger charge is -2.25. The summed E-state index contributed by atoms with van der Waals surface area (Å²) in [4.78, 5) is 35.5. The Morgan fingerprint density at radius 1 is 1.39 bits per heavy atom. The molecular weight excluding hydrogens is 300 g/mol. The number of anilines is 1. The Balaban J connectivity index is 1.88. The number of ether oxygens (including phenoxy) is 2. The van der Waals surface area contributed by atoms with E-state index >= 15 is 0 Å². The molecular formula is C16H20N2O5. The van der Waals surface area contributed by atoms with E-state index in [1.165, 1.54) is 6.92 Å². The Morgan fingerprint density at radius 2 is 2.13 bits per heavy atom. The van der Waals surface area contributed by atoms with Gasteiger partial charge < -0.3 is 20.1 Å². The van der Waals surface area contributed by atoms with Gasteiger partial charge in [0.1, 0.15) is 5.75 Å². The van der Waals surface area contributed by atoms with E-state index in [0.717, 1.165) is 6.42 Å². The van der Waals surface area contributed by atoms with E-state index in [2.05, 4.69) is 10.6 Å². The first-order valence-electron chi connectivity index (χ1n) is 7.55. The largest absolute Gasteiger partial charge is 0.478 e. The van der Waals surface area contributed by atoms with Crippen LogP contribution < -0.4 is 15.4 Å². The van der Waals surface area contributed by atoms with Crippen molar-refractivity contribution >= 4 is 23.5 Å². The van der Waals surface area contributed by atoms with E-state index in [1.54, 1.807) is 24.3 Å². The smallest absolute Gasteiger partial charge is 0.310 e. The van der Waals surface area contributed by atoms with Crippen LogP contribution in [0, 0.1) is 0 Å². The minimum atomic E-state index is -0.969. The third-order valence-corrected chi connectivity index (χ3v) is 3.29. The van der Waals surface area contributed by atoms with Crippen molar-refractivity contribution < 1.29 is 23.9 Å². The SMILES string of the molecule is CCCNC(=O)[C@H](C)OC(=O)C[C@H]1Oc2ccccc2NC1=O. The van der Waals surface area contributed by atoms with Crippen LogP contribution in [0.25, 0.3) is 0 Å². The third-order valence-electron chi connectivity index (χ3n) is 3.29. The molecule has 0 unspecified atom stereocenters. The molecule has 0 radical (unpaired) electrons. The molecule has 0 saturated heterocycles. The van der Waals surface area contributed by atoms with Crippen LogP contribution in [0.2, 0.25) is 0 Å². The van der Waals surface area contributed by atoms with Crippen LogP contribution >= 0.6 is 0 Å². The Labute approximate surface area is 134 Å². The summed E-state index contributed by atoms with van der Waals surface area (Å²) in [5.74, 6) is -0.939. The molecule has 2 atom stereocenters. The quantitative estimate of drug-likeness (QED) is 0.769.